The predicted octanol–water partition coefficient (Wildman–Crippen LogP) is 3.56. The summed E-state index contributed by atoms with van der Waals surface area (Å²) >= 11 is 0. The molecule has 0 spiro atoms. The lowest BCUT2D eigenvalue weighted by Gasteiger charge is -2.19. The van der Waals surface area contributed by atoms with E-state index in [1.165, 1.54) is 0 Å². The molecule has 3 heteroatoms. The molecule has 122 valence electrons. The van der Waals surface area contributed by atoms with Crippen molar-refractivity contribution in [1.29, 1.82) is 0 Å². The van der Waals surface area contributed by atoms with Gasteiger partial charge in [0.25, 0.3) is 0 Å². The van der Waals surface area contributed by atoms with Gasteiger partial charge in [0.2, 0.25) is 0 Å². The minimum atomic E-state index is -0.213. The number of unbranched alkanes of at least 4 members (excludes halogenated alkanes) is 2. The van der Waals surface area contributed by atoms with Crippen LogP contribution in [0.1, 0.15) is 51.5 Å². The molecule has 0 bridgehead atoms. The standard InChI is InChI=1S/C19H29NO2/c1-4-5-7-12-17(15(2)21)14-19(22)18(20-3)13-16-10-8-6-9-11-16/h6,8-11,17-18,20H,4-5,7,12-14H2,1-3H3/t17-,18+/m1/s1. The third-order valence-electron chi connectivity index (χ3n) is 4.20. The van der Waals surface area contributed by atoms with Crippen LogP contribution in [0.2, 0.25) is 0 Å². The van der Waals surface area contributed by atoms with Gasteiger partial charge in [0.05, 0.1) is 6.04 Å². The van der Waals surface area contributed by atoms with E-state index in [0.29, 0.717) is 12.8 Å². The number of benzene rings is 1. The third-order valence-corrected chi connectivity index (χ3v) is 4.20. The normalized spacial score (nSPS) is 13.6. The highest BCUT2D eigenvalue weighted by Gasteiger charge is 2.23. The summed E-state index contributed by atoms with van der Waals surface area (Å²) in [6, 6.07) is 9.78. The second-order valence-electron chi connectivity index (χ2n) is 6.00. The fourth-order valence-electron chi connectivity index (χ4n) is 2.70. The zero-order valence-electron chi connectivity index (χ0n) is 14.1. The van der Waals surface area contributed by atoms with Crippen LogP contribution in [-0.4, -0.2) is 24.7 Å². The molecular formula is C19H29NO2. The van der Waals surface area contributed by atoms with Crippen molar-refractivity contribution < 1.29 is 9.59 Å². The van der Waals surface area contributed by atoms with Gasteiger partial charge in [-0.2, -0.15) is 0 Å². The fourth-order valence-corrected chi connectivity index (χ4v) is 2.70. The van der Waals surface area contributed by atoms with Crippen molar-refractivity contribution in [2.24, 2.45) is 5.92 Å². The number of Topliss-reactive ketones (excluding diaryl/α,β-unsaturated/α-hetero) is 2. The van der Waals surface area contributed by atoms with Gasteiger partial charge in [-0.1, -0.05) is 56.5 Å². The molecule has 0 fully saturated rings. The smallest absolute Gasteiger partial charge is 0.150 e. The average molecular weight is 303 g/mol. The van der Waals surface area contributed by atoms with E-state index in [4.69, 9.17) is 0 Å². The second-order valence-corrected chi connectivity index (χ2v) is 6.00. The van der Waals surface area contributed by atoms with E-state index < -0.39 is 0 Å². The van der Waals surface area contributed by atoms with Gasteiger partial charge in [-0.3, -0.25) is 9.59 Å². The average Bonchev–Trinajstić information content (AvgIpc) is 2.52. The van der Waals surface area contributed by atoms with Crippen LogP contribution in [-0.2, 0) is 16.0 Å². The molecule has 0 saturated heterocycles. The van der Waals surface area contributed by atoms with E-state index in [1.54, 1.807) is 6.92 Å². The first kappa shape index (κ1) is 18.6. The molecule has 0 aromatic heterocycles. The minimum Gasteiger partial charge on any atom is -0.310 e. The molecule has 0 aliphatic carbocycles. The molecule has 1 aromatic rings. The van der Waals surface area contributed by atoms with Crippen LogP contribution in [0.5, 0.6) is 0 Å². The molecular weight excluding hydrogens is 274 g/mol. The van der Waals surface area contributed by atoms with Gasteiger partial charge >= 0.3 is 0 Å². The van der Waals surface area contributed by atoms with E-state index in [9.17, 15) is 9.59 Å². The highest BCUT2D eigenvalue weighted by atomic mass is 16.1. The SMILES string of the molecule is CCCCC[C@H](CC(=O)[C@H](Cc1ccccc1)NC)C(C)=O. The van der Waals surface area contributed by atoms with Crippen LogP contribution in [0, 0.1) is 5.92 Å². The number of hydrogen-bond acceptors (Lipinski definition) is 3. The number of ketones is 2. The summed E-state index contributed by atoms with van der Waals surface area (Å²) in [4.78, 5) is 24.3. The Hall–Kier alpha value is -1.48. The Labute approximate surface area is 134 Å². The summed E-state index contributed by atoms with van der Waals surface area (Å²) in [5, 5.41) is 3.10. The minimum absolute atomic E-state index is 0.120. The van der Waals surface area contributed by atoms with Gasteiger partial charge in [-0.25, -0.2) is 0 Å². The predicted molar refractivity (Wildman–Crippen MR) is 90.9 cm³/mol. The summed E-state index contributed by atoms with van der Waals surface area (Å²) in [7, 11) is 1.81. The Bertz CT molecular complexity index is 456. The first-order valence-electron chi connectivity index (χ1n) is 8.32. The number of carbonyl (C=O) groups excluding carboxylic acids is 2. The highest BCUT2D eigenvalue weighted by molar-refractivity contribution is 5.89. The van der Waals surface area contributed by atoms with E-state index in [1.807, 2.05) is 37.4 Å². The molecule has 1 aromatic carbocycles. The van der Waals surface area contributed by atoms with E-state index in [2.05, 4.69) is 12.2 Å². The zero-order valence-corrected chi connectivity index (χ0v) is 14.1. The first-order valence-corrected chi connectivity index (χ1v) is 8.32. The van der Waals surface area contributed by atoms with Crippen molar-refractivity contribution in [3.05, 3.63) is 35.9 Å². The van der Waals surface area contributed by atoms with Gasteiger partial charge in [-0.15, -0.1) is 0 Å². The van der Waals surface area contributed by atoms with E-state index in [-0.39, 0.29) is 23.5 Å². The van der Waals surface area contributed by atoms with Crippen LogP contribution >= 0.6 is 0 Å². The topological polar surface area (TPSA) is 46.2 Å². The Morgan fingerprint density at radius 3 is 2.36 bits per heavy atom. The molecule has 0 amide bonds. The molecule has 0 aliphatic rings. The molecule has 0 radical (unpaired) electrons. The Kier molecular flexibility index (Phi) is 8.68. The van der Waals surface area contributed by atoms with Crippen molar-refractivity contribution in [2.45, 2.75) is 58.4 Å². The highest BCUT2D eigenvalue weighted by Crippen LogP contribution is 2.17. The summed E-state index contributed by atoms with van der Waals surface area (Å²) in [5.41, 5.74) is 1.14. The van der Waals surface area contributed by atoms with Crippen LogP contribution in [0.25, 0.3) is 0 Å². The van der Waals surface area contributed by atoms with Gasteiger partial charge in [-0.05, 0) is 32.4 Å². The summed E-state index contributed by atoms with van der Waals surface area (Å²) in [5.74, 6) is 0.160. The molecule has 2 atom stereocenters. The fraction of sp³-hybridized carbons (Fsp3) is 0.579. The Morgan fingerprint density at radius 1 is 1.14 bits per heavy atom. The van der Waals surface area contributed by atoms with Crippen LogP contribution in [0.3, 0.4) is 0 Å². The maximum Gasteiger partial charge on any atom is 0.150 e. The van der Waals surface area contributed by atoms with Crippen molar-refractivity contribution in [1.82, 2.24) is 5.32 Å². The lowest BCUT2D eigenvalue weighted by Crippen LogP contribution is -2.37. The lowest BCUT2D eigenvalue weighted by molar-refractivity contribution is -0.128. The molecule has 0 unspecified atom stereocenters. The number of likely N-dealkylation sites (N-methyl/N-ethyl adjacent to an activating group) is 1. The van der Waals surface area contributed by atoms with Gasteiger partial charge < -0.3 is 5.32 Å². The monoisotopic (exact) mass is 303 g/mol. The van der Waals surface area contributed by atoms with Gasteiger partial charge in [0.1, 0.15) is 5.78 Å². The molecule has 22 heavy (non-hydrogen) atoms. The van der Waals surface area contributed by atoms with Crippen molar-refractivity contribution in [2.75, 3.05) is 7.05 Å². The summed E-state index contributed by atoms with van der Waals surface area (Å²) < 4.78 is 0. The van der Waals surface area contributed by atoms with Gasteiger partial charge in [0, 0.05) is 12.3 Å². The molecule has 1 rings (SSSR count). The number of carbonyl (C=O) groups is 2. The molecule has 3 nitrogen and oxygen atoms in total. The largest absolute Gasteiger partial charge is 0.310 e. The lowest BCUT2D eigenvalue weighted by atomic mass is 9.89. The van der Waals surface area contributed by atoms with Gasteiger partial charge in [0.15, 0.2) is 5.78 Å². The summed E-state index contributed by atoms with van der Waals surface area (Å²) in [6.45, 7) is 3.75. The van der Waals surface area contributed by atoms with Crippen molar-refractivity contribution in [3.8, 4) is 0 Å². The number of rotatable bonds is 11. The zero-order chi connectivity index (χ0) is 16.4. The Balaban J connectivity index is 2.59. The van der Waals surface area contributed by atoms with Crippen LogP contribution in [0.15, 0.2) is 30.3 Å². The van der Waals surface area contributed by atoms with Crippen LogP contribution < -0.4 is 5.32 Å². The van der Waals surface area contributed by atoms with E-state index >= 15 is 0 Å². The van der Waals surface area contributed by atoms with E-state index in [0.717, 1.165) is 31.2 Å². The van der Waals surface area contributed by atoms with Crippen molar-refractivity contribution >= 4 is 11.6 Å². The third kappa shape index (κ3) is 6.52. The first-order chi connectivity index (χ1) is 10.6. The quantitative estimate of drug-likeness (QED) is 0.636. The maximum absolute atomic E-state index is 12.5. The number of nitrogens with one attached hydrogen (secondary N) is 1. The summed E-state index contributed by atoms with van der Waals surface area (Å²) in [6.07, 6.45) is 5.14. The molecule has 0 aliphatic heterocycles. The molecule has 1 N–H and O–H groups in total. The van der Waals surface area contributed by atoms with Crippen LogP contribution in [0.4, 0.5) is 0 Å². The number of hydrogen-bond donors (Lipinski definition) is 1. The second kappa shape index (κ2) is 10.3. The molecule has 0 saturated carbocycles. The molecule has 0 heterocycles. The maximum atomic E-state index is 12.5. The van der Waals surface area contributed by atoms with Crippen molar-refractivity contribution in [3.63, 3.8) is 0 Å². The Morgan fingerprint density at radius 2 is 1.82 bits per heavy atom.